The van der Waals surface area contributed by atoms with E-state index in [0.29, 0.717) is 0 Å². The van der Waals surface area contributed by atoms with Crippen molar-refractivity contribution in [1.29, 1.82) is 0 Å². The number of ketones is 1. The topological polar surface area (TPSA) is 23.6 Å². The molecule has 0 atom stereocenters. The first-order chi connectivity index (χ1) is 15.2. The fourth-order valence-electron chi connectivity index (χ4n) is 5.13. The highest BCUT2D eigenvalue weighted by Gasteiger charge is 2.38. The Hall–Kier alpha value is -3.33. The molecule has 0 spiro atoms. The fourth-order valence-corrected chi connectivity index (χ4v) is 5.13. The Morgan fingerprint density at radius 2 is 1.06 bits per heavy atom. The van der Waals surface area contributed by atoms with Gasteiger partial charge in [-0.2, -0.15) is 0 Å². The SMILES string of the molecule is CN1C(=CC=CC(=O)C=CC=C2N(C)c3ccccc3C2(C)C)C(C)(C)c2ccccc21. The first-order valence-corrected chi connectivity index (χ1v) is 11.1. The summed E-state index contributed by atoms with van der Waals surface area (Å²) >= 11 is 0. The lowest BCUT2D eigenvalue weighted by Crippen LogP contribution is -2.22. The molecule has 164 valence electrons. The third kappa shape index (κ3) is 3.52. The third-order valence-electron chi connectivity index (χ3n) is 6.91. The molecule has 2 heterocycles. The molecule has 0 saturated carbocycles. The maximum absolute atomic E-state index is 12.5. The standard InChI is InChI=1S/C29H32N2O/c1-28(2)22-15-7-9-17-24(22)30(5)26(28)19-11-13-21(32)14-12-20-27-29(3,4)23-16-8-10-18-25(23)31(27)6/h7-20H,1-6H3. The highest BCUT2D eigenvalue weighted by atomic mass is 16.1. The second-order valence-corrected chi connectivity index (χ2v) is 9.63. The largest absolute Gasteiger partial charge is 0.347 e. The van der Waals surface area contributed by atoms with Crippen molar-refractivity contribution in [3.63, 3.8) is 0 Å². The predicted molar refractivity (Wildman–Crippen MR) is 135 cm³/mol. The molecule has 0 unspecified atom stereocenters. The molecule has 2 aliphatic heterocycles. The van der Waals surface area contributed by atoms with Crippen molar-refractivity contribution in [2.75, 3.05) is 23.9 Å². The van der Waals surface area contributed by atoms with Gasteiger partial charge in [0.15, 0.2) is 5.78 Å². The van der Waals surface area contributed by atoms with Crippen molar-refractivity contribution < 1.29 is 4.79 Å². The number of hydrogen-bond acceptors (Lipinski definition) is 3. The zero-order valence-electron chi connectivity index (χ0n) is 19.9. The van der Waals surface area contributed by atoms with E-state index in [1.807, 2.05) is 12.2 Å². The van der Waals surface area contributed by atoms with Crippen molar-refractivity contribution in [3.8, 4) is 0 Å². The van der Waals surface area contributed by atoms with Gasteiger partial charge in [-0.1, -0.05) is 76.2 Å². The Morgan fingerprint density at radius 1 is 0.688 bits per heavy atom. The molecule has 2 aromatic carbocycles. The van der Waals surface area contributed by atoms with Crippen molar-refractivity contribution in [2.24, 2.45) is 0 Å². The van der Waals surface area contributed by atoms with Crippen LogP contribution in [0.4, 0.5) is 11.4 Å². The van der Waals surface area contributed by atoms with Crippen molar-refractivity contribution in [1.82, 2.24) is 0 Å². The van der Waals surface area contributed by atoms with Crippen LogP contribution in [0, 0.1) is 0 Å². The molecule has 0 aromatic heterocycles. The molecule has 3 nitrogen and oxygen atoms in total. The Balaban J connectivity index is 1.48. The average Bonchev–Trinajstić information content (AvgIpc) is 3.08. The van der Waals surface area contributed by atoms with Crippen LogP contribution in [0.25, 0.3) is 0 Å². The van der Waals surface area contributed by atoms with Gasteiger partial charge in [-0.3, -0.25) is 4.79 Å². The first kappa shape index (κ1) is 21.9. The maximum atomic E-state index is 12.5. The van der Waals surface area contributed by atoms with Gasteiger partial charge in [0.05, 0.1) is 0 Å². The van der Waals surface area contributed by atoms with Gasteiger partial charge in [0.1, 0.15) is 0 Å². The number of likely N-dealkylation sites (N-methyl/N-ethyl adjacent to an activating group) is 2. The van der Waals surface area contributed by atoms with Crippen LogP contribution < -0.4 is 9.80 Å². The number of benzene rings is 2. The summed E-state index contributed by atoms with van der Waals surface area (Å²) in [5.74, 6) is -0.0226. The fraction of sp³-hybridized carbons (Fsp3) is 0.276. The summed E-state index contributed by atoms with van der Waals surface area (Å²) in [7, 11) is 4.16. The van der Waals surface area contributed by atoms with Crippen LogP contribution in [0.5, 0.6) is 0 Å². The monoisotopic (exact) mass is 424 g/mol. The van der Waals surface area contributed by atoms with Crippen LogP contribution in [0.2, 0.25) is 0 Å². The van der Waals surface area contributed by atoms with Gasteiger partial charge in [-0.05, 0) is 47.6 Å². The summed E-state index contributed by atoms with van der Waals surface area (Å²) < 4.78 is 0. The first-order valence-electron chi connectivity index (χ1n) is 11.1. The zero-order chi connectivity index (χ0) is 23.1. The molecule has 0 amide bonds. The van der Waals surface area contributed by atoms with Crippen molar-refractivity contribution in [2.45, 2.75) is 38.5 Å². The van der Waals surface area contributed by atoms with E-state index in [1.54, 1.807) is 12.2 Å². The number of hydrogen-bond donors (Lipinski definition) is 0. The van der Waals surface area contributed by atoms with Crippen molar-refractivity contribution in [3.05, 3.63) is 108 Å². The molecular weight excluding hydrogens is 392 g/mol. The van der Waals surface area contributed by atoms with Crippen LogP contribution in [-0.2, 0) is 15.6 Å². The summed E-state index contributed by atoms with van der Waals surface area (Å²) in [6, 6.07) is 16.9. The molecular formula is C29H32N2O. The van der Waals surface area contributed by atoms with Gasteiger partial charge in [0.25, 0.3) is 0 Å². The van der Waals surface area contributed by atoms with Crippen LogP contribution >= 0.6 is 0 Å². The molecule has 0 saturated heterocycles. The number of fused-ring (bicyclic) bond motifs is 2. The van der Waals surface area contributed by atoms with Crippen LogP contribution in [0.15, 0.2) is 96.4 Å². The number of carbonyl (C=O) groups excluding carboxylic acids is 1. The highest BCUT2D eigenvalue weighted by Crippen LogP contribution is 2.47. The van der Waals surface area contributed by atoms with Crippen LogP contribution in [0.1, 0.15) is 38.8 Å². The number of carbonyl (C=O) groups is 1. The second kappa shape index (κ2) is 7.98. The quantitative estimate of drug-likeness (QED) is 0.539. The summed E-state index contributed by atoms with van der Waals surface area (Å²) in [5.41, 5.74) is 7.24. The Morgan fingerprint density at radius 3 is 1.44 bits per heavy atom. The highest BCUT2D eigenvalue weighted by molar-refractivity contribution is 5.99. The number of allylic oxidation sites excluding steroid dienone is 8. The Labute approximate surface area is 192 Å². The second-order valence-electron chi connectivity index (χ2n) is 9.63. The minimum Gasteiger partial charge on any atom is -0.347 e. The van der Waals surface area contributed by atoms with Gasteiger partial charge in [0.2, 0.25) is 0 Å². The molecule has 0 N–H and O–H groups in total. The van der Waals surface area contributed by atoms with E-state index in [-0.39, 0.29) is 16.6 Å². The summed E-state index contributed by atoms with van der Waals surface area (Å²) in [5, 5.41) is 0. The maximum Gasteiger partial charge on any atom is 0.178 e. The number of nitrogens with zero attached hydrogens (tertiary/aromatic N) is 2. The van der Waals surface area contributed by atoms with Gasteiger partial charge in [0, 0.05) is 47.7 Å². The third-order valence-corrected chi connectivity index (χ3v) is 6.91. The van der Waals surface area contributed by atoms with E-state index >= 15 is 0 Å². The molecule has 0 aliphatic carbocycles. The molecule has 4 rings (SSSR count). The molecule has 0 bridgehead atoms. The van der Waals surface area contributed by atoms with Gasteiger partial charge in [-0.25, -0.2) is 0 Å². The van der Waals surface area contributed by atoms with Gasteiger partial charge in [-0.15, -0.1) is 0 Å². The lowest BCUT2D eigenvalue weighted by Gasteiger charge is -2.23. The van der Waals surface area contributed by atoms with Crippen molar-refractivity contribution >= 4 is 17.2 Å². The minimum absolute atomic E-state index is 0.0226. The summed E-state index contributed by atoms with van der Waals surface area (Å²) in [4.78, 5) is 16.9. The van der Waals surface area contributed by atoms with E-state index in [0.717, 1.165) is 0 Å². The van der Waals surface area contributed by atoms with Gasteiger partial charge >= 0.3 is 0 Å². The van der Waals surface area contributed by atoms with Crippen LogP contribution in [0.3, 0.4) is 0 Å². The molecule has 2 aliphatic rings. The molecule has 0 fully saturated rings. The lowest BCUT2D eigenvalue weighted by molar-refractivity contribution is -0.110. The normalized spacial score (nSPS) is 21.2. The smallest absolute Gasteiger partial charge is 0.178 e. The number of anilines is 2. The van der Waals surface area contributed by atoms with Crippen LogP contribution in [-0.4, -0.2) is 19.9 Å². The Kier molecular flexibility index (Phi) is 5.46. The number of para-hydroxylation sites is 2. The zero-order valence-corrected chi connectivity index (χ0v) is 19.9. The molecule has 32 heavy (non-hydrogen) atoms. The summed E-state index contributed by atoms with van der Waals surface area (Å²) in [6.45, 7) is 8.89. The Bertz CT molecular complexity index is 1090. The van der Waals surface area contributed by atoms with E-state index in [4.69, 9.17) is 0 Å². The van der Waals surface area contributed by atoms with Gasteiger partial charge < -0.3 is 9.80 Å². The van der Waals surface area contributed by atoms with E-state index in [9.17, 15) is 4.79 Å². The predicted octanol–water partition coefficient (Wildman–Crippen LogP) is 6.29. The number of rotatable bonds is 4. The lowest BCUT2D eigenvalue weighted by atomic mass is 9.84. The molecule has 0 radical (unpaired) electrons. The van der Waals surface area contributed by atoms with E-state index < -0.39 is 0 Å². The molecule has 2 aromatic rings. The summed E-state index contributed by atoms with van der Waals surface area (Å²) in [6.07, 6.45) is 11.1. The molecule has 3 heteroatoms. The van der Waals surface area contributed by atoms with E-state index in [1.165, 1.54) is 33.9 Å². The average molecular weight is 425 g/mol. The van der Waals surface area contributed by atoms with E-state index in [2.05, 4.69) is 112 Å². The minimum atomic E-state index is -0.0906.